The number of hydrogen-bond donors (Lipinski definition) is 2. The number of aryl methyl sites for hydroxylation is 1. The summed E-state index contributed by atoms with van der Waals surface area (Å²) in [6.45, 7) is 1.97. The van der Waals surface area contributed by atoms with E-state index in [4.69, 9.17) is 0 Å². The zero-order chi connectivity index (χ0) is 14.1. The van der Waals surface area contributed by atoms with Crippen molar-refractivity contribution in [3.63, 3.8) is 0 Å². The van der Waals surface area contributed by atoms with Crippen molar-refractivity contribution in [3.05, 3.63) is 60.2 Å². The van der Waals surface area contributed by atoms with Crippen molar-refractivity contribution in [2.24, 2.45) is 0 Å². The summed E-state index contributed by atoms with van der Waals surface area (Å²) in [5, 5.41) is 19.0. The van der Waals surface area contributed by atoms with E-state index in [2.05, 4.69) is 18.2 Å². The van der Waals surface area contributed by atoms with Crippen molar-refractivity contribution in [3.8, 4) is 32.4 Å². The number of rotatable bonds is 2. The Bertz CT molecular complexity index is 722. The van der Waals surface area contributed by atoms with Gasteiger partial charge in [0.05, 0.1) is 0 Å². The maximum atomic E-state index is 9.69. The fourth-order valence-corrected chi connectivity index (χ4v) is 3.18. The molecule has 0 atom stereocenters. The second kappa shape index (κ2) is 5.02. The highest BCUT2D eigenvalue weighted by Crippen LogP contribution is 2.36. The van der Waals surface area contributed by atoms with Crippen LogP contribution in [0.2, 0.25) is 0 Å². The minimum absolute atomic E-state index is 0.272. The summed E-state index contributed by atoms with van der Waals surface area (Å²) in [6, 6.07) is 16.9. The number of benzene rings is 2. The molecule has 2 N–H and O–H groups in total. The van der Waals surface area contributed by atoms with Crippen LogP contribution in [0.25, 0.3) is 20.9 Å². The quantitative estimate of drug-likeness (QED) is 0.708. The standard InChI is InChI=1S/C17H14O2S/c1-11-8-13(10-15(19)9-11)17-7-6-16(20-17)12-2-4-14(18)5-3-12/h2-10,18-19H,1H3. The normalized spacial score (nSPS) is 10.7. The molecule has 3 aromatic rings. The molecule has 1 heterocycles. The largest absolute Gasteiger partial charge is 0.508 e. The Hall–Kier alpha value is -2.26. The second-order valence-corrected chi connectivity index (χ2v) is 5.85. The van der Waals surface area contributed by atoms with Gasteiger partial charge in [0, 0.05) is 9.75 Å². The van der Waals surface area contributed by atoms with E-state index in [1.165, 1.54) is 0 Å². The molecule has 3 heteroatoms. The van der Waals surface area contributed by atoms with Gasteiger partial charge in [-0.15, -0.1) is 11.3 Å². The molecular formula is C17H14O2S. The third kappa shape index (κ3) is 2.53. The van der Waals surface area contributed by atoms with Crippen molar-refractivity contribution in [1.29, 1.82) is 0 Å². The van der Waals surface area contributed by atoms with Crippen LogP contribution in [0.1, 0.15) is 5.56 Å². The highest BCUT2D eigenvalue weighted by Gasteiger charge is 2.06. The van der Waals surface area contributed by atoms with E-state index in [1.807, 2.05) is 19.1 Å². The molecule has 0 bridgehead atoms. The monoisotopic (exact) mass is 282 g/mol. The van der Waals surface area contributed by atoms with E-state index in [9.17, 15) is 10.2 Å². The molecular weight excluding hydrogens is 268 g/mol. The van der Waals surface area contributed by atoms with Crippen LogP contribution in [0.4, 0.5) is 0 Å². The Balaban J connectivity index is 1.99. The molecule has 1 aromatic heterocycles. The number of phenols is 2. The molecule has 0 radical (unpaired) electrons. The molecule has 0 aliphatic carbocycles. The molecule has 0 unspecified atom stereocenters. The van der Waals surface area contributed by atoms with Crippen molar-refractivity contribution >= 4 is 11.3 Å². The maximum Gasteiger partial charge on any atom is 0.116 e. The van der Waals surface area contributed by atoms with Crippen molar-refractivity contribution in [2.45, 2.75) is 6.92 Å². The summed E-state index contributed by atoms with van der Waals surface area (Å²) in [7, 11) is 0. The lowest BCUT2D eigenvalue weighted by atomic mass is 10.1. The third-order valence-electron chi connectivity index (χ3n) is 3.10. The van der Waals surface area contributed by atoms with Gasteiger partial charge in [0.2, 0.25) is 0 Å². The highest BCUT2D eigenvalue weighted by atomic mass is 32.1. The Morgan fingerprint density at radius 3 is 2.00 bits per heavy atom. The Kier molecular flexibility index (Phi) is 3.20. The van der Waals surface area contributed by atoms with Gasteiger partial charge in [-0.2, -0.15) is 0 Å². The van der Waals surface area contributed by atoms with Gasteiger partial charge >= 0.3 is 0 Å². The second-order valence-electron chi connectivity index (χ2n) is 4.77. The number of aromatic hydroxyl groups is 2. The van der Waals surface area contributed by atoms with Gasteiger partial charge in [-0.3, -0.25) is 0 Å². The SMILES string of the molecule is Cc1cc(O)cc(-c2ccc(-c3ccc(O)cc3)s2)c1. The molecule has 0 saturated heterocycles. The van der Waals surface area contributed by atoms with Gasteiger partial charge < -0.3 is 10.2 Å². The van der Waals surface area contributed by atoms with Crippen LogP contribution in [0.15, 0.2) is 54.6 Å². The molecule has 100 valence electrons. The molecule has 2 nitrogen and oxygen atoms in total. The van der Waals surface area contributed by atoms with Gasteiger partial charge in [0.15, 0.2) is 0 Å². The van der Waals surface area contributed by atoms with Gasteiger partial charge in [-0.25, -0.2) is 0 Å². The molecule has 2 aromatic carbocycles. The molecule has 3 rings (SSSR count). The first kappa shape index (κ1) is 12.8. The summed E-state index contributed by atoms with van der Waals surface area (Å²) in [5.41, 5.74) is 3.15. The Labute approximate surface area is 121 Å². The molecule has 0 fully saturated rings. The van der Waals surface area contributed by atoms with Crippen LogP contribution < -0.4 is 0 Å². The molecule has 0 saturated carbocycles. The first-order valence-electron chi connectivity index (χ1n) is 6.32. The lowest BCUT2D eigenvalue weighted by molar-refractivity contribution is 0.474. The Morgan fingerprint density at radius 1 is 0.700 bits per heavy atom. The van der Waals surface area contributed by atoms with E-state index in [-0.39, 0.29) is 5.75 Å². The van der Waals surface area contributed by atoms with Crippen molar-refractivity contribution in [2.75, 3.05) is 0 Å². The molecule has 0 aliphatic rings. The number of phenolic OH excluding ortho intramolecular Hbond substituents is 2. The van der Waals surface area contributed by atoms with Crippen LogP contribution in [-0.4, -0.2) is 10.2 Å². The lowest BCUT2D eigenvalue weighted by Gasteiger charge is -2.01. The summed E-state index contributed by atoms with van der Waals surface area (Å²) >= 11 is 1.67. The molecule has 20 heavy (non-hydrogen) atoms. The molecule has 0 amide bonds. The van der Waals surface area contributed by atoms with Crippen LogP contribution in [0, 0.1) is 6.92 Å². The molecule has 0 spiro atoms. The summed E-state index contributed by atoms with van der Waals surface area (Å²) in [5.74, 6) is 0.564. The molecule has 0 aliphatic heterocycles. The van der Waals surface area contributed by atoms with E-state index in [0.29, 0.717) is 5.75 Å². The van der Waals surface area contributed by atoms with Crippen LogP contribution in [0.5, 0.6) is 11.5 Å². The first-order chi connectivity index (χ1) is 9.61. The predicted octanol–water partition coefficient (Wildman–Crippen LogP) is 4.80. The van der Waals surface area contributed by atoms with Crippen LogP contribution in [0.3, 0.4) is 0 Å². The van der Waals surface area contributed by atoms with E-state index in [1.54, 1.807) is 35.6 Å². The fourth-order valence-electron chi connectivity index (χ4n) is 2.18. The van der Waals surface area contributed by atoms with Gasteiger partial charge in [0.25, 0.3) is 0 Å². The highest BCUT2D eigenvalue weighted by molar-refractivity contribution is 7.18. The summed E-state index contributed by atoms with van der Waals surface area (Å²) < 4.78 is 0. The third-order valence-corrected chi connectivity index (χ3v) is 4.29. The van der Waals surface area contributed by atoms with Crippen LogP contribution in [-0.2, 0) is 0 Å². The van der Waals surface area contributed by atoms with Crippen molar-refractivity contribution < 1.29 is 10.2 Å². The van der Waals surface area contributed by atoms with Crippen LogP contribution >= 0.6 is 11.3 Å². The summed E-state index contributed by atoms with van der Waals surface area (Å²) in [4.78, 5) is 2.26. The number of hydrogen-bond acceptors (Lipinski definition) is 3. The topological polar surface area (TPSA) is 40.5 Å². The lowest BCUT2D eigenvalue weighted by Crippen LogP contribution is -1.76. The Morgan fingerprint density at radius 2 is 1.35 bits per heavy atom. The minimum atomic E-state index is 0.272. The van der Waals surface area contributed by atoms with E-state index in [0.717, 1.165) is 26.4 Å². The average Bonchev–Trinajstić information content (AvgIpc) is 2.88. The van der Waals surface area contributed by atoms with Gasteiger partial charge in [-0.05, 0) is 72.1 Å². The van der Waals surface area contributed by atoms with Gasteiger partial charge in [-0.1, -0.05) is 6.07 Å². The number of thiophene rings is 1. The van der Waals surface area contributed by atoms with Gasteiger partial charge in [0.1, 0.15) is 11.5 Å². The minimum Gasteiger partial charge on any atom is -0.508 e. The average molecular weight is 282 g/mol. The predicted molar refractivity (Wildman–Crippen MR) is 83.3 cm³/mol. The van der Waals surface area contributed by atoms with E-state index >= 15 is 0 Å². The zero-order valence-corrected chi connectivity index (χ0v) is 11.8. The van der Waals surface area contributed by atoms with Crippen molar-refractivity contribution in [1.82, 2.24) is 0 Å². The first-order valence-corrected chi connectivity index (χ1v) is 7.14. The maximum absolute atomic E-state index is 9.69. The smallest absolute Gasteiger partial charge is 0.116 e. The van der Waals surface area contributed by atoms with E-state index < -0.39 is 0 Å². The summed E-state index contributed by atoms with van der Waals surface area (Å²) in [6.07, 6.45) is 0. The zero-order valence-electron chi connectivity index (χ0n) is 11.0. The fraction of sp³-hybridized carbons (Fsp3) is 0.0588.